The van der Waals surface area contributed by atoms with Crippen molar-refractivity contribution in [2.24, 2.45) is 0 Å². The van der Waals surface area contributed by atoms with E-state index in [2.05, 4.69) is 58.5 Å². The van der Waals surface area contributed by atoms with Crippen molar-refractivity contribution >= 4 is 27.9 Å². The molecule has 4 heteroatoms. The van der Waals surface area contributed by atoms with Crippen LogP contribution in [0.3, 0.4) is 0 Å². The van der Waals surface area contributed by atoms with Gasteiger partial charge in [0.25, 0.3) is 0 Å². The molecule has 0 bridgehead atoms. The minimum Gasteiger partial charge on any atom is -0.369 e. The first kappa shape index (κ1) is 13.9. The fourth-order valence-electron chi connectivity index (χ4n) is 3.37. The molecule has 2 heterocycles. The van der Waals surface area contributed by atoms with Crippen LogP contribution in [0, 0.1) is 0 Å². The zero-order chi connectivity index (χ0) is 16.8. The monoisotopic (exact) mass is 324 g/mol. The SMILES string of the molecule is Nc1nc2ccccc2n1-c1cccc(-c2ccc3[nH]ccc3c2)c1. The van der Waals surface area contributed by atoms with Crippen LogP contribution in [0.5, 0.6) is 0 Å². The van der Waals surface area contributed by atoms with E-state index in [1.165, 1.54) is 10.9 Å². The second-order valence-electron chi connectivity index (χ2n) is 6.12. The maximum absolute atomic E-state index is 6.18. The molecule has 0 aliphatic heterocycles. The fraction of sp³-hybridized carbons (Fsp3) is 0. The van der Waals surface area contributed by atoms with Crippen LogP contribution in [0.25, 0.3) is 38.8 Å². The van der Waals surface area contributed by atoms with Gasteiger partial charge in [0.15, 0.2) is 0 Å². The van der Waals surface area contributed by atoms with Crippen LogP contribution in [0.15, 0.2) is 79.0 Å². The summed E-state index contributed by atoms with van der Waals surface area (Å²) in [5, 5.41) is 1.20. The maximum Gasteiger partial charge on any atom is 0.205 e. The van der Waals surface area contributed by atoms with Gasteiger partial charge in [0.2, 0.25) is 5.95 Å². The van der Waals surface area contributed by atoms with Crippen molar-refractivity contribution in [2.75, 3.05) is 5.73 Å². The standard InChI is InChI=1S/C21H16N4/c22-21-24-19-6-1-2-7-20(19)25(21)17-5-3-4-14(13-17)15-8-9-18-16(12-15)10-11-23-18/h1-13,23H,(H2,22,24). The number of aromatic nitrogens is 3. The van der Waals surface area contributed by atoms with E-state index < -0.39 is 0 Å². The fourth-order valence-corrected chi connectivity index (χ4v) is 3.37. The van der Waals surface area contributed by atoms with Crippen LogP contribution in [-0.2, 0) is 0 Å². The highest BCUT2D eigenvalue weighted by Crippen LogP contribution is 2.28. The number of anilines is 1. The minimum atomic E-state index is 0.499. The zero-order valence-electron chi connectivity index (χ0n) is 13.5. The van der Waals surface area contributed by atoms with E-state index >= 15 is 0 Å². The lowest BCUT2D eigenvalue weighted by atomic mass is 10.0. The third-order valence-electron chi connectivity index (χ3n) is 4.58. The molecule has 4 nitrogen and oxygen atoms in total. The molecule has 120 valence electrons. The molecule has 2 aromatic heterocycles. The Morgan fingerprint density at radius 1 is 0.840 bits per heavy atom. The van der Waals surface area contributed by atoms with Gasteiger partial charge in [-0.25, -0.2) is 4.98 Å². The van der Waals surface area contributed by atoms with E-state index in [0.717, 1.165) is 27.8 Å². The summed E-state index contributed by atoms with van der Waals surface area (Å²) in [6.07, 6.45) is 1.96. The van der Waals surface area contributed by atoms with E-state index in [4.69, 9.17) is 5.73 Å². The Labute approximate surface area is 144 Å². The van der Waals surface area contributed by atoms with Gasteiger partial charge in [-0.3, -0.25) is 4.57 Å². The molecule has 0 spiro atoms. The number of nitrogens with two attached hydrogens (primary N) is 1. The molecule has 5 aromatic rings. The molecular formula is C21H16N4. The molecule has 0 saturated heterocycles. The number of rotatable bonds is 2. The van der Waals surface area contributed by atoms with Crippen molar-refractivity contribution in [1.82, 2.24) is 14.5 Å². The topological polar surface area (TPSA) is 59.6 Å². The third-order valence-corrected chi connectivity index (χ3v) is 4.58. The molecule has 25 heavy (non-hydrogen) atoms. The van der Waals surface area contributed by atoms with Gasteiger partial charge in [-0.05, 0) is 59.0 Å². The first-order chi connectivity index (χ1) is 12.3. The predicted molar refractivity (Wildman–Crippen MR) is 103 cm³/mol. The molecule has 5 rings (SSSR count). The van der Waals surface area contributed by atoms with Crippen molar-refractivity contribution in [3.05, 3.63) is 79.0 Å². The van der Waals surface area contributed by atoms with Crippen LogP contribution in [-0.4, -0.2) is 14.5 Å². The summed E-state index contributed by atoms with van der Waals surface area (Å²) in [5.74, 6) is 0.499. The van der Waals surface area contributed by atoms with Gasteiger partial charge >= 0.3 is 0 Å². The smallest absolute Gasteiger partial charge is 0.205 e. The Morgan fingerprint density at radius 3 is 2.68 bits per heavy atom. The van der Waals surface area contributed by atoms with Crippen LogP contribution < -0.4 is 5.73 Å². The quantitative estimate of drug-likeness (QED) is 0.492. The molecule has 3 aromatic carbocycles. The van der Waals surface area contributed by atoms with Gasteiger partial charge in [-0.15, -0.1) is 0 Å². The summed E-state index contributed by atoms with van der Waals surface area (Å²) in [4.78, 5) is 7.69. The molecule has 0 aliphatic rings. The summed E-state index contributed by atoms with van der Waals surface area (Å²) >= 11 is 0. The van der Waals surface area contributed by atoms with Crippen molar-refractivity contribution in [3.63, 3.8) is 0 Å². The third kappa shape index (κ3) is 2.19. The number of benzene rings is 3. The van der Waals surface area contributed by atoms with Crippen molar-refractivity contribution in [3.8, 4) is 16.8 Å². The Balaban J connectivity index is 1.68. The normalized spacial score (nSPS) is 11.4. The molecule has 0 radical (unpaired) electrons. The van der Waals surface area contributed by atoms with Crippen molar-refractivity contribution in [2.45, 2.75) is 0 Å². The summed E-state index contributed by atoms with van der Waals surface area (Å²) in [5.41, 5.74) is 12.6. The molecule has 0 atom stereocenters. The molecule has 3 N–H and O–H groups in total. The van der Waals surface area contributed by atoms with Crippen LogP contribution in [0.1, 0.15) is 0 Å². The lowest BCUT2D eigenvalue weighted by molar-refractivity contribution is 1.11. The van der Waals surface area contributed by atoms with Crippen molar-refractivity contribution in [1.29, 1.82) is 0 Å². The first-order valence-corrected chi connectivity index (χ1v) is 8.20. The van der Waals surface area contributed by atoms with Gasteiger partial charge in [0, 0.05) is 17.4 Å². The van der Waals surface area contributed by atoms with Crippen molar-refractivity contribution < 1.29 is 0 Å². The maximum atomic E-state index is 6.18. The predicted octanol–water partition coefficient (Wildman–Crippen LogP) is 4.76. The Bertz CT molecular complexity index is 1210. The minimum absolute atomic E-state index is 0.499. The number of nitrogens with one attached hydrogen (secondary N) is 1. The van der Waals surface area contributed by atoms with Gasteiger partial charge in [-0.1, -0.05) is 30.3 Å². The summed E-state index contributed by atoms with van der Waals surface area (Å²) in [7, 11) is 0. The van der Waals surface area contributed by atoms with Gasteiger partial charge in [0.05, 0.1) is 11.0 Å². The Hall–Kier alpha value is -3.53. The van der Waals surface area contributed by atoms with E-state index in [1.54, 1.807) is 0 Å². The summed E-state index contributed by atoms with van der Waals surface area (Å²) in [6, 6.07) is 24.9. The first-order valence-electron chi connectivity index (χ1n) is 8.20. The van der Waals surface area contributed by atoms with E-state index in [-0.39, 0.29) is 0 Å². The van der Waals surface area contributed by atoms with E-state index in [9.17, 15) is 0 Å². The molecule has 0 unspecified atom stereocenters. The number of hydrogen-bond donors (Lipinski definition) is 2. The molecule has 0 aliphatic carbocycles. The largest absolute Gasteiger partial charge is 0.369 e. The average molecular weight is 324 g/mol. The van der Waals surface area contributed by atoms with E-state index in [0.29, 0.717) is 5.95 Å². The number of para-hydroxylation sites is 2. The number of nitrogen functional groups attached to an aromatic ring is 1. The highest BCUT2D eigenvalue weighted by molar-refractivity contribution is 5.86. The van der Waals surface area contributed by atoms with Crippen LogP contribution in [0.2, 0.25) is 0 Å². The number of nitrogens with zero attached hydrogens (tertiary/aromatic N) is 2. The highest BCUT2D eigenvalue weighted by atomic mass is 15.2. The number of H-pyrrole nitrogens is 1. The second kappa shape index (κ2) is 5.24. The van der Waals surface area contributed by atoms with E-state index in [1.807, 2.05) is 35.0 Å². The average Bonchev–Trinajstić information content (AvgIpc) is 3.24. The second-order valence-corrected chi connectivity index (χ2v) is 6.12. The van der Waals surface area contributed by atoms with Crippen LogP contribution >= 0.6 is 0 Å². The van der Waals surface area contributed by atoms with Crippen LogP contribution in [0.4, 0.5) is 5.95 Å². The lowest BCUT2D eigenvalue weighted by Crippen LogP contribution is -2.00. The number of fused-ring (bicyclic) bond motifs is 2. The summed E-state index contributed by atoms with van der Waals surface area (Å²) in [6.45, 7) is 0. The lowest BCUT2D eigenvalue weighted by Gasteiger charge is -2.09. The number of imidazole rings is 1. The Kier molecular flexibility index (Phi) is 2.91. The molecule has 0 fully saturated rings. The zero-order valence-corrected chi connectivity index (χ0v) is 13.5. The van der Waals surface area contributed by atoms with Gasteiger partial charge < -0.3 is 10.7 Å². The summed E-state index contributed by atoms with van der Waals surface area (Å²) < 4.78 is 1.99. The highest BCUT2D eigenvalue weighted by Gasteiger charge is 2.10. The molecule has 0 saturated carbocycles. The molecular weight excluding hydrogens is 308 g/mol. The number of hydrogen-bond acceptors (Lipinski definition) is 2. The van der Waals surface area contributed by atoms with Gasteiger partial charge in [-0.2, -0.15) is 0 Å². The molecule has 0 amide bonds. The Morgan fingerprint density at radius 2 is 1.72 bits per heavy atom. The number of aromatic amines is 1. The van der Waals surface area contributed by atoms with Gasteiger partial charge in [0.1, 0.15) is 0 Å².